The molecule has 7 heteroatoms. The fourth-order valence-electron chi connectivity index (χ4n) is 2.37. The van der Waals surface area contributed by atoms with Crippen LogP contribution in [0, 0.1) is 11.3 Å². The van der Waals surface area contributed by atoms with Crippen LogP contribution in [-0.2, 0) is 9.59 Å². The number of nitriles is 1. The van der Waals surface area contributed by atoms with Crippen molar-refractivity contribution in [1.29, 1.82) is 5.26 Å². The summed E-state index contributed by atoms with van der Waals surface area (Å²) in [6, 6.07) is 12.2. The van der Waals surface area contributed by atoms with Crippen molar-refractivity contribution in [3.63, 3.8) is 0 Å². The normalized spacial score (nSPS) is 14.3. The Kier molecular flexibility index (Phi) is 4.02. The Bertz CT molecular complexity index is 943. The first kappa shape index (κ1) is 16.1. The van der Waals surface area contributed by atoms with Crippen molar-refractivity contribution in [2.45, 2.75) is 0 Å². The maximum absolute atomic E-state index is 12.6. The summed E-state index contributed by atoms with van der Waals surface area (Å²) in [4.78, 5) is 25.8. The Morgan fingerprint density at radius 3 is 2.25 bits per heavy atom. The Labute approximate surface area is 146 Å². The Hall–Kier alpha value is -2.81. The zero-order valence-corrected chi connectivity index (χ0v) is 13.5. The second-order valence-corrected chi connectivity index (χ2v) is 5.80. The number of carbonyl (C=O) groups is 2. The van der Waals surface area contributed by atoms with Gasteiger partial charge in [0, 0.05) is 10.6 Å². The molecule has 0 bridgehead atoms. The summed E-state index contributed by atoms with van der Waals surface area (Å²) in [6.07, 6.45) is 0. The summed E-state index contributed by atoms with van der Waals surface area (Å²) in [5.74, 6) is -2.24. The second kappa shape index (κ2) is 6.00. The third-order valence-electron chi connectivity index (χ3n) is 3.51. The van der Waals surface area contributed by atoms with E-state index in [0.29, 0.717) is 10.6 Å². The topological polar surface area (TPSA) is 81.4 Å². The molecule has 0 saturated heterocycles. The molecule has 2 aromatic carbocycles. The van der Waals surface area contributed by atoms with E-state index in [1.165, 1.54) is 42.5 Å². The molecule has 0 spiro atoms. The molecule has 0 atom stereocenters. The van der Waals surface area contributed by atoms with Crippen LogP contribution in [0.25, 0.3) is 5.57 Å². The summed E-state index contributed by atoms with van der Waals surface area (Å²) in [5, 5.41) is 19.5. The van der Waals surface area contributed by atoms with E-state index in [9.17, 15) is 14.7 Å². The number of aliphatic hydroxyl groups excluding tert-OH is 1. The van der Waals surface area contributed by atoms with Gasteiger partial charge in [0.1, 0.15) is 0 Å². The van der Waals surface area contributed by atoms with Crippen molar-refractivity contribution in [3.8, 4) is 6.07 Å². The molecule has 0 aromatic heterocycles. The zero-order valence-electron chi connectivity index (χ0n) is 12.0. The van der Waals surface area contributed by atoms with E-state index < -0.39 is 17.6 Å². The SMILES string of the molecule is N#Cc1ccc(N2C(=O)C(O)=C(c3ccc(Cl)cc3Cl)C2=O)cc1. The molecule has 0 fully saturated rings. The van der Waals surface area contributed by atoms with E-state index in [-0.39, 0.29) is 21.8 Å². The zero-order chi connectivity index (χ0) is 17.4. The number of benzene rings is 2. The predicted octanol–water partition coefficient (Wildman–Crippen LogP) is 3.71. The van der Waals surface area contributed by atoms with Crippen LogP contribution in [0.15, 0.2) is 48.2 Å². The van der Waals surface area contributed by atoms with E-state index in [4.69, 9.17) is 28.5 Å². The molecule has 5 nitrogen and oxygen atoms in total. The van der Waals surface area contributed by atoms with Crippen LogP contribution in [0.1, 0.15) is 11.1 Å². The van der Waals surface area contributed by atoms with Gasteiger partial charge in [-0.25, -0.2) is 4.90 Å². The van der Waals surface area contributed by atoms with Crippen molar-refractivity contribution >= 4 is 46.3 Å². The molecule has 118 valence electrons. The molecule has 3 rings (SSSR count). The molecule has 1 aliphatic rings. The maximum Gasteiger partial charge on any atom is 0.301 e. The summed E-state index contributed by atoms with van der Waals surface area (Å²) in [5.41, 5.74) is 0.658. The minimum atomic E-state index is -0.856. The molecule has 2 aromatic rings. The summed E-state index contributed by atoms with van der Waals surface area (Å²) in [6.45, 7) is 0. The van der Waals surface area contributed by atoms with Crippen LogP contribution >= 0.6 is 23.2 Å². The number of anilines is 1. The van der Waals surface area contributed by atoms with E-state index in [1.54, 1.807) is 0 Å². The van der Waals surface area contributed by atoms with Gasteiger partial charge in [-0.05, 0) is 36.4 Å². The van der Waals surface area contributed by atoms with Crippen molar-refractivity contribution in [3.05, 3.63) is 69.4 Å². The first-order valence-electron chi connectivity index (χ1n) is 6.71. The van der Waals surface area contributed by atoms with E-state index in [1.807, 2.05) is 6.07 Å². The van der Waals surface area contributed by atoms with Crippen LogP contribution in [0.3, 0.4) is 0 Å². The number of hydrogen-bond acceptors (Lipinski definition) is 4. The fourth-order valence-corrected chi connectivity index (χ4v) is 2.88. The monoisotopic (exact) mass is 358 g/mol. The second-order valence-electron chi connectivity index (χ2n) is 4.95. The highest BCUT2D eigenvalue weighted by Crippen LogP contribution is 2.35. The highest BCUT2D eigenvalue weighted by molar-refractivity contribution is 6.47. The van der Waals surface area contributed by atoms with Gasteiger partial charge in [-0.1, -0.05) is 29.3 Å². The molecule has 1 aliphatic heterocycles. The Morgan fingerprint density at radius 2 is 1.67 bits per heavy atom. The molecule has 0 radical (unpaired) electrons. The predicted molar refractivity (Wildman–Crippen MR) is 89.7 cm³/mol. The Morgan fingerprint density at radius 1 is 1.00 bits per heavy atom. The summed E-state index contributed by atoms with van der Waals surface area (Å²) >= 11 is 11.9. The average molecular weight is 359 g/mol. The van der Waals surface area contributed by atoms with E-state index in [0.717, 1.165) is 4.90 Å². The number of hydrogen-bond donors (Lipinski definition) is 1. The van der Waals surface area contributed by atoms with E-state index >= 15 is 0 Å². The molecule has 24 heavy (non-hydrogen) atoms. The fraction of sp³-hybridized carbons (Fsp3) is 0. The minimum absolute atomic E-state index is 0.145. The molecule has 1 heterocycles. The van der Waals surface area contributed by atoms with Crippen molar-refractivity contribution in [2.24, 2.45) is 0 Å². The Balaban J connectivity index is 2.06. The lowest BCUT2D eigenvalue weighted by Gasteiger charge is -2.14. The molecular formula is C17H8Cl2N2O3. The number of halogens is 2. The van der Waals surface area contributed by atoms with Gasteiger partial charge in [0.15, 0.2) is 5.76 Å². The number of imide groups is 1. The quantitative estimate of drug-likeness (QED) is 0.829. The third kappa shape index (κ3) is 2.52. The highest BCUT2D eigenvalue weighted by Gasteiger charge is 2.40. The molecular weight excluding hydrogens is 351 g/mol. The minimum Gasteiger partial charge on any atom is -0.502 e. The van der Waals surface area contributed by atoms with Crippen LogP contribution in [0.4, 0.5) is 5.69 Å². The van der Waals surface area contributed by atoms with E-state index in [2.05, 4.69) is 0 Å². The summed E-state index contributed by atoms with van der Waals surface area (Å²) < 4.78 is 0. The van der Waals surface area contributed by atoms with Gasteiger partial charge in [0.2, 0.25) is 0 Å². The molecule has 2 amide bonds. The van der Waals surface area contributed by atoms with Crippen molar-refractivity contribution in [2.75, 3.05) is 4.90 Å². The largest absolute Gasteiger partial charge is 0.502 e. The van der Waals surface area contributed by atoms with Gasteiger partial charge < -0.3 is 5.11 Å². The van der Waals surface area contributed by atoms with Crippen LogP contribution < -0.4 is 4.90 Å². The lowest BCUT2D eigenvalue weighted by atomic mass is 10.1. The standard InChI is InChI=1S/C17H8Cl2N2O3/c18-10-3-6-12(13(19)7-10)14-15(22)17(24)21(16(14)23)11-4-1-9(8-20)2-5-11/h1-7,22H. The first-order valence-corrected chi connectivity index (χ1v) is 7.47. The van der Waals surface area contributed by atoms with Crippen LogP contribution in [0.5, 0.6) is 0 Å². The average Bonchev–Trinajstić information content (AvgIpc) is 2.78. The number of aliphatic hydroxyl groups is 1. The number of nitrogens with zero attached hydrogens (tertiary/aromatic N) is 2. The third-order valence-corrected chi connectivity index (χ3v) is 4.06. The van der Waals surface area contributed by atoms with Gasteiger partial charge in [-0.15, -0.1) is 0 Å². The lowest BCUT2D eigenvalue weighted by Crippen LogP contribution is -2.31. The molecule has 0 unspecified atom stereocenters. The van der Waals surface area contributed by atoms with Gasteiger partial charge in [0.25, 0.3) is 5.91 Å². The van der Waals surface area contributed by atoms with Gasteiger partial charge in [-0.3, -0.25) is 9.59 Å². The maximum atomic E-state index is 12.6. The molecule has 0 saturated carbocycles. The van der Waals surface area contributed by atoms with Crippen LogP contribution in [-0.4, -0.2) is 16.9 Å². The first-order chi connectivity index (χ1) is 11.4. The number of amides is 2. The number of rotatable bonds is 2. The van der Waals surface area contributed by atoms with Gasteiger partial charge in [-0.2, -0.15) is 5.26 Å². The van der Waals surface area contributed by atoms with Crippen LogP contribution in [0.2, 0.25) is 10.0 Å². The van der Waals surface area contributed by atoms with Crippen molar-refractivity contribution < 1.29 is 14.7 Å². The lowest BCUT2D eigenvalue weighted by molar-refractivity contribution is -0.121. The molecule has 1 N–H and O–H groups in total. The molecule has 0 aliphatic carbocycles. The number of carbonyl (C=O) groups excluding carboxylic acids is 2. The van der Waals surface area contributed by atoms with Crippen molar-refractivity contribution in [1.82, 2.24) is 0 Å². The van der Waals surface area contributed by atoms with Gasteiger partial charge in [0.05, 0.1) is 27.9 Å². The van der Waals surface area contributed by atoms with Gasteiger partial charge >= 0.3 is 5.91 Å². The summed E-state index contributed by atoms with van der Waals surface area (Å²) in [7, 11) is 0. The smallest absolute Gasteiger partial charge is 0.301 e. The highest BCUT2D eigenvalue weighted by atomic mass is 35.5.